The van der Waals surface area contributed by atoms with Crippen LogP contribution < -0.4 is 16.2 Å². The Morgan fingerprint density at radius 2 is 1.79 bits per heavy atom. The zero-order valence-electron chi connectivity index (χ0n) is 15.3. The zero-order chi connectivity index (χ0) is 20.8. The number of aryl methyl sites for hydroxylation is 1. The first kappa shape index (κ1) is 20.0. The number of hydrogen-bond acceptors (Lipinski definition) is 7. The Kier molecular flexibility index (Phi) is 6.20. The van der Waals surface area contributed by atoms with Crippen molar-refractivity contribution in [2.45, 2.75) is 13.5 Å². The minimum atomic E-state index is -0.630. The molecular formula is C19H17ClN6O3. The van der Waals surface area contributed by atoms with Crippen molar-refractivity contribution in [2.24, 2.45) is 0 Å². The van der Waals surface area contributed by atoms with E-state index in [0.717, 1.165) is 17.5 Å². The molecule has 29 heavy (non-hydrogen) atoms. The van der Waals surface area contributed by atoms with Crippen molar-refractivity contribution in [1.29, 1.82) is 0 Å². The second-order valence-electron chi connectivity index (χ2n) is 6.07. The Balaban J connectivity index is 1.76. The number of hydrazine groups is 1. The van der Waals surface area contributed by atoms with Gasteiger partial charge in [0.2, 0.25) is 11.6 Å². The molecule has 0 radical (unpaired) electrons. The summed E-state index contributed by atoms with van der Waals surface area (Å²) in [4.78, 5) is 31.0. The molecule has 9 nitrogen and oxygen atoms in total. The van der Waals surface area contributed by atoms with Gasteiger partial charge >= 0.3 is 5.69 Å². The molecule has 0 aliphatic carbocycles. The van der Waals surface area contributed by atoms with Crippen LogP contribution in [0.3, 0.4) is 0 Å². The second-order valence-corrected chi connectivity index (χ2v) is 6.47. The average molecular weight is 413 g/mol. The highest BCUT2D eigenvalue weighted by Gasteiger charge is 2.23. The summed E-state index contributed by atoms with van der Waals surface area (Å²) in [7, 11) is 0. The smallest absolute Gasteiger partial charge is 0.354 e. The van der Waals surface area contributed by atoms with Gasteiger partial charge in [0, 0.05) is 17.1 Å². The number of carbonyl (C=O) groups excluding carboxylic acids is 1. The summed E-state index contributed by atoms with van der Waals surface area (Å²) in [6.45, 7) is 2.13. The Morgan fingerprint density at radius 3 is 2.48 bits per heavy atom. The summed E-state index contributed by atoms with van der Waals surface area (Å²) in [5, 5.41) is 15.0. The highest BCUT2D eigenvalue weighted by atomic mass is 35.5. The average Bonchev–Trinajstić information content (AvgIpc) is 2.71. The van der Waals surface area contributed by atoms with Crippen LogP contribution in [0.5, 0.6) is 0 Å². The Labute approximate surface area is 171 Å². The molecule has 0 bridgehead atoms. The van der Waals surface area contributed by atoms with Gasteiger partial charge in [-0.25, -0.2) is 9.97 Å². The van der Waals surface area contributed by atoms with Crippen LogP contribution in [0.2, 0.25) is 5.02 Å². The third kappa shape index (κ3) is 4.96. The van der Waals surface area contributed by atoms with E-state index < -0.39 is 16.5 Å². The van der Waals surface area contributed by atoms with E-state index >= 15 is 0 Å². The molecule has 0 unspecified atom stereocenters. The number of amides is 1. The maximum atomic E-state index is 12.2. The fourth-order valence-corrected chi connectivity index (χ4v) is 2.69. The first-order chi connectivity index (χ1) is 14.0. The Morgan fingerprint density at radius 1 is 1.10 bits per heavy atom. The van der Waals surface area contributed by atoms with E-state index in [1.54, 1.807) is 42.5 Å². The minimum Gasteiger partial charge on any atom is -0.360 e. The summed E-state index contributed by atoms with van der Waals surface area (Å²) in [5.41, 5.74) is 6.67. The van der Waals surface area contributed by atoms with Crippen LogP contribution in [0, 0.1) is 17.0 Å². The van der Waals surface area contributed by atoms with E-state index in [1.165, 1.54) is 0 Å². The van der Waals surface area contributed by atoms with E-state index in [0.29, 0.717) is 10.6 Å². The summed E-state index contributed by atoms with van der Waals surface area (Å²) >= 11 is 6.11. The van der Waals surface area contributed by atoms with Crippen molar-refractivity contribution >= 4 is 34.8 Å². The van der Waals surface area contributed by atoms with Crippen LogP contribution in [-0.4, -0.2) is 20.8 Å². The van der Waals surface area contributed by atoms with Gasteiger partial charge in [-0.05, 0) is 30.7 Å². The first-order valence-corrected chi connectivity index (χ1v) is 8.93. The molecule has 1 aromatic heterocycles. The molecule has 0 spiro atoms. The standard InChI is InChI=1S/C19H17ClN6O3/c1-12-6-8-13(9-7-12)19(27)25-24-18-16(26(28)29)17(22-11-23-18)21-10-14-4-2-3-5-15(14)20/h2-9,11H,10H2,1H3,(H,25,27)(H2,21,22,23,24). The maximum absolute atomic E-state index is 12.2. The van der Waals surface area contributed by atoms with Crippen molar-refractivity contribution in [3.05, 3.63) is 86.7 Å². The van der Waals surface area contributed by atoms with Gasteiger partial charge in [-0.2, -0.15) is 0 Å². The zero-order valence-corrected chi connectivity index (χ0v) is 16.1. The van der Waals surface area contributed by atoms with E-state index in [9.17, 15) is 14.9 Å². The number of aromatic nitrogens is 2. The molecule has 3 rings (SSSR count). The van der Waals surface area contributed by atoms with Gasteiger partial charge in [0.15, 0.2) is 0 Å². The molecule has 3 aromatic rings. The number of nitro groups is 1. The lowest BCUT2D eigenvalue weighted by Gasteiger charge is -2.11. The SMILES string of the molecule is Cc1ccc(C(=O)NNc2ncnc(NCc3ccccc3Cl)c2[N+](=O)[O-])cc1. The predicted octanol–water partition coefficient (Wildman–Crippen LogP) is 3.72. The van der Waals surface area contributed by atoms with Gasteiger partial charge in [0.1, 0.15) is 6.33 Å². The van der Waals surface area contributed by atoms with Crippen molar-refractivity contribution in [2.75, 3.05) is 10.7 Å². The topological polar surface area (TPSA) is 122 Å². The number of halogens is 1. The lowest BCUT2D eigenvalue weighted by atomic mass is 10.1. The fraction of sp³-hybridized carbons (Fsp3) is 0.105. The second kappa shape index (κ2) is 8.98. The highest BCUT2D eigenvalue weighted by Crippen LogP contribution is 2.29. The number of nitrogens with one attached hydrogen (secondary N) is 3. The number of rotatable bonds is 7. The number of carbonyl (C=O) groups is 1. The summed E-state index contributed by atoms with van der Waals surface area (Å²) in [6, 6.07) is 14.0. The normalized spacial score (nSPS) is 10.3. The molecule has 148 valence electrons. The van der Waals surface area contributed by atoms with Gasteiger partial charge in [0.05, 0.1) is 4.92 Å². The third-order valence-electron chi connectivity index (χ3n) is 4.02. The van der Waals surface area contributed by atoms with Crippen LogP contribution in [0.4, 0.5) is 17.3 Å². The van der Waals surface area contributed by atoms with E-state index in [2.05, 4.69) is 26.1 Å². The van der Waals surface area contributed by atoms with Crippen molar-refractivity contribution in [3.8, 4) is 0 Å². The number of anilines is 2. The fourth-order valence-electron chi connectivity index (χ4n) is 2.49. The van der Waals surface area contributed by atoms with Crippen LogP contribution in [-0.2, 0) is 6.54 Å². The highest BCUT2D eigenvalue weighted by molar-refractivity contribution is 6.31. The molecule has 0 aliphatic heterocycles. The van der Waals surface area contributed by atoms with Gasteiger partial charge in [0.25, 0.3) is 5.91 Å². The largest absolute Gasteiger partial charge is 0.360 e. The maximum Gasteiger partial charge on any atom is 0.354 e. The van der Waals surface area contributed by atoms with E-state index in [-0.39, 0.29) is 18.2 Å². The molecule has 1 amide bonds. The van der Waals surface area contributed by atoms with Gasteiger partial charge in [-0.15, -0.1) is 0 Å². The van der Waals surface area contributed by atoms with Gasteiger partial charge in [-0.1, -0.05) is 47.5 Å². The van der Waals surface area contributed by atoms with Crippen LogP contribution in [0.1, 0.15) is 21.5 Å². The minimum absolute atomic E-state index is 0.00277. The summed E-state index contributed by atoms with van der Waals surface area (Å²) in [5.74, 6) is -0.604. The van der Waals surface area contributed by atoms with Gasteiger partial charge in [-0.3, -0.25) is 25.8 Å². The Bertz CT molecular complexity index is 1040. The molecule has 10 heteroatoms. The molecule has 0 saturated carbocycles. The van der Waals surface area contributed by atoms with E-state index in [1.807, 2.05) is 13.0 Å². The molecular weight excluding hydrogens is 396 g/mol. The van der Waals surface area contributed by atoms with Gasteiger partial charge < -0.3 is 5.32 Å². The van der Waals surface area contributed by atoms with Crippen LogP contribution >= 0.6 is 11.6 Å². The summed E-state index contributed by atoms with van der Waals surface area (Å²) in [6.07, 6.45) is 1.16. The summed E-state index contributed by atoms with van der Waals surface area (Å²) < 4.78 is 0. The molecule has 0 saturated heterocycles. The molecule has 0 fully saturated rings. The number of hydrogen-bond donors (Lipinski definition) is 3. The molecule has 1 heterocycles. The molecule has 0 atom stereocenters. The lowest BCUT2D eigenvalue weighted by Crippen LogP contribution is -2.30. The molecule has 0 aliphatic rings. The van der Waals surface area contributed by atoms with E-state index in [4.69, 9.17) is 11.6 Å². The molecule has 3 N–H and O–H groups in total. The van der Waals surface area contributed by atoms with Crippen molar-refractivity contribution in [1.82, 2.24) is 15.4 Å². The van der Waals surface area contributed by atoms with Crippen molar-refractivity contribution in [3.63, 3.8) is 0 Å². The third-order valence-corrected chi connectivity index (χ3v) is 4.39. The Hall–Kier alpha value is -3.72. The number of benzene rings is 2. The monoisotopic (exact) mass is 412 g/mol. The van der Waals surface area contributed by atoms with Crippen molar-refractivity contribution < 1.29 is 9.72 Å². The molecule has 2 aromatic carbocycles. The van der Waals surface area contributed by atoms with Crippen LogP contribution in [0.15, 0.2) is 54.9 Å². The predicted molar refractivity (Wildman–Crippen MR) is 110 cm³/mol. The lowest BCUT2D eigenvalue weighted by molar-refractivity contribution is -0.383. The van der Waals surface area contributed by atoms with Crippen LogP contribution in [0.25, 0.3) is 0 Å². The first-order valence-electron chi connectivity index (χ1n) is 8.55. The number of nitrogens with zero attached hydrogens (tertiary/aromatic N) is 3. The quantitative estimate of drug-likeness (QED) is 0.399.